The molecule has 1 saturated heterocycles. The highest BCUT2D eigenvalue weighted by atomic mass is 32.2. The lowest BCUT2D eigenvalue weighted by molar-refractivity contribution is -0.192. The maximum absolute atomic E-state index is 13.2. The molecule has 1 amide bonds. The van der Waals surface area contributed by atoms with Crippen LogP contribution >= 0.6 is 0 Å². The second kappa shape index (κ2) is 13.3. The summed E-state index contributed by atoms with van der Waals surface area (Å²) in [5.74, 6) is -1.92. The Morgan fingerprint density at radius 3 is 2.32 bits per heavy atom. The van der Waals surface area contributed by atoms with Crippen LogP contribution in [0.3, 0.4) is 0 Å². The third-order valence-corrected chi connectivity index (χ3v) is 6.79. The first-order chi connectivity index (χ1) is 17.8. The van der Waals surface area contributed by atoms with Gasteiger partial charge in [0.15, 0.2) is 0 Å². The number of carboxylic acid groups (broad SMARTS) is 1. The van der Waals surface area contributed by atoms with Gasteiger partial charge in [0.05, 0.1) is 29.5 Å². The van der Waals surface area contributed by atoms with Crippen molar-refractivity contribution in [3.8, 4) is 5.75 Å². The molecule has 0 unspecified atom stereocenters. The van der Waals surface area contributed by atoms with Gasteiger partial charge in [0.1, 0.15) is 11.6 Å². The largest absolute Gasteiger partial charge is 0.497 e. The molecule has 3 rings (SSSR count). The van der Waals surface area contributed by atoms with Crippen molar-refractivity contribution in [1.82, 2.24) is 15.2 Å². The fourth-order valence-corrected chi connectivity index (χ4v) is 4.53. The highest BCUT2D eigenvalue weighted by molar-refractivity contribution is 7.92. The van der Waals surface area contributed by atoms with Gasteiger partial charge in [-0.05, 0) is 32.0 Å². The van der Waals surface area contributed by atoms with Gasteiger partial charge in [-0.25, -0.2) is 18.2 Å². The standard InChI is InChI=1S/C21H29N5O4S.C2HF3O2/c1-4-25(5-2)21(27)19-13-16(15-23-20(19)26-11-9-22-10-12-26)24-31(28,29)18-8-6-7-17(14-18)30-3;3-2(4,5)1(6)7/h6-8,13-15,22,24H,4-5,9-12H2,1-3H3;(H,6,7). The summed E-state index contributed by atoms with van der Waals surface area (Å²) in [7, 11) is -2.40. The molecular weight excluding hydrogens is 531 g/mol. The van der Waals surface area contributed by atoms with Crippen LogP contribution in [0.25, 0.3) is 0 Å². The Morgan fingerprint density at radius 1 is 1.18 bits per heavy atom. The second-order valence-electron chi connectivity index (χ2n) is 7.90. The van der Waals surface area contributed by atoms with Crippen LogP contribution in [0.15, 0.2) is 41.4 Å². The Balaban J connectivity index is 0.000000638. The second-order valence-corrected chi connectivity index (χ2v) is 9.58. The predicted molar refractivity (Wildman–Crippen MR) is 134 cm³/mol. The van der Waals surface area contributed by atoms with E-state index in [0.29, 0.717) is 30.2 Å². The van der Waals surface area contributed by atoms with Crippen LogP contribution in [-0.2, 0) is 14.8 Å². The summed E-state index contributed by atoms with van der Waals surface area (Å²) in [4.78, 5) is 30.4. The molecule has 0 radical (unpaired) electrons. The third-order valence-electron chi connectivity index (χ3n) is 5.41. The van der Waals surface area contributed by atoms with Gasteiger partial charge in [-0.3, -0.25) is 9.52 Å². The minimum atomic E-state index is -5.08. The zero-order chi connectivity index (χ0) is 28.5. The number of amides is 1. The van der Waals surface area contributed by atoms with E-state index in [1.807, 2.05) is 18.7 Å². The van der Waals surface area contributed by atoms with Crippen molar-refractivity contribution in [2.45, 2.75) is 24.9 Å². The number of carboxylic acids is 1. The maximum atomic E-state index is 13.2. The summed E-state index contributed by atoms with van der Waals surface area (Å²) in [6, 6.07) is 7.77. The number of aromatic nitrogens is 1. The van der Waals surface area contributed by atoms with E-state index in [-0.39, 0.29) is 16.5 Å². The van der Waals surface area contributed by atoms with Crippen molar-refractivity contribution < 1.29 is 41.0 Å². The average molecular weight is 562 g/mol. The summed E-state index contributed by atoms with van der Waals surface area (Å²) in [5, 5.41) is 10.4. The molecule has 15 heteroatoms. The van der Waals surface area contributed by atoms with E-state index in [1.54, 1.807) is 23.1 Å². The molecule has 0 bridgehead atoms. The summed E-state index contributed by atoms with van der Waals surface area (Å²) in [6.45, 7) is 7.96. The number of sulfonamides is 1. The number of methoxy groups -OCH3 is 1. The number of ether oxygens (including phenoxy) is 1. The lowest BCUT2D eigenvalue weighted by atomic mass is 10.1. The van der Waals surface area contributed by atoms with Crippen molar-refractivity contribution in [2.75, 3.05) is 56.0 Å². The molecule has 1 aromatic carbocycles. The number of carbonyl (C=O) groups is 2. The van der Waals surface area contributed by atoms with E-state index in [0.717, 1.165) is 26.2 Å². The quantitative estimate of drug-likeness (QED) is 0.443. The van der Waals surface area contributed by atoms with E-state index in [9.17, 15) is 26.4 Å². The van der Waals surface area contributed by atoms with Gasteiger partial charge in [0, 0.05) is 45.3 Å². The molecule has 0 saturated carbocycles. The fraction of sp³-hybridized carbons (Fsp3) is 0.435. The Labute approximate surface area is 218 Å². The number of alkyl halides is 3. The lowest BCUT2D eigenvalue weighted by Crippen LogP contribution is -2.45. The number of halogens is 3. The SMILES string of the molecule is CCN(CC)C(=O)c1cc(NS(=O)(=O)c2cccc(OC)c2)cnc1N1CCNCC1.O=C(O)C(F)(F)F. The van der Waals surface area contributed by atoms with Crippen molar-refractivity contribution in [3.63, 3.8) is 0 Å². The first-order valence-corrected chi connectivity index (χ1v) is 13.0. The van der Waals surface area contributed by atoms with E-state index < -0.39 is 22.2 Å². The highest BCUT2D eigenvalue weighted by Gasteiger charge is 2.38. The molecule has 1 aliphatic heterocycles. The number of aliphatic carboxylic acids is 1. The van der Waals surface area contributed by atoms with Gasteiger partial charge >= 0.3 is 12.1 Å². The number of benzene rings is 1. The summed E-state index contributed by atoms with van der Waals surface area (Å²) in [6.07, 6.45) is -3.63. The van der Waals surface area contributed by atoms with Crippen molar-refractivity contribution >= 4 is 33.4 Å². The van der Waals surface area contributed by atoms with Gasteiger partial charge in [-0.15, -0.1) is 0 Å². The van der Waals surface area contributed by atoms with Crippen LogP contribution in [0.5, 0.6) is 5.75 Å². The third kappa shape index (κ3) is 8.21. The average Bonchev–Trinajstić information content (AvgIpc) is 2.89. The summed E-state index contributed by atoms with van der Waals surface area (Å²) < 4.78 is 65.1. The number of piperazine rings is 1. The lowest BCUT2D eigenvalue weighted by Gasteiger charge is -2.31. The topological polar surface area (TPSA) is 141 Å². The molecule has 0 atom stereocenters. The van der Waals surface area contributed by atoms with Crippen molar-refractivity contribution in [3.05, 3.63) is 42.1 Å². The molecule has 3 N–H and O–H groups in total. The molecular formula is C23H30F3N5O6S. The molecule has 38 heavy (non-hydrogen) atoms. The zero-order valence-electron chi connectivity index (χ0n) is 21.1. The van der Waals surface area contributed by atoms with Crippen LogP contribution in [0, 0.1) is 0 Å². The Hall–Kier alpha value is -3.59. The van der Waals surface area contributed by atoms with Crippen molar-refractivity contribution in [1.29, 1.82) is 0 Å². The van der Waals surface area contributed by atoms with Gasteiger partial charge < -0.3 is 25.0 Å². The summed E-state index contributed by atoms with van der Waals surface area (Å²) >= 11 is 0. The molecule has 1 fully saturated rings. The Kier molecular flexibility index (Phi) is 10.7. The highest BCUT2D eigenvalue weighted by Crippen LogP contribution is 2.26. The molecule has 210 valence electrons. The molecule has 2 aromatic rings. The number of hydrogen-bond donors (Lipinski definition) is 3. The molecule has 11 nitrogen and oxygen atoms in total. The Morgan fingerprint density at radius 2 is 1.79 bits per heavy atom. The van der Waals surface area contributed by atoms with Crippen LogP contribution in [0.2, 0.25) is 0 Å². The minimum Gasteiger partial charge on any atom is -0.497 e. The monoisotopic (exact) mass is 561 g/mol. The zero-order valence-corrected chi connectivity index (χ0v) is 21.9. The maximum Gasteiger partial charge on any atom is 0.490 e. The van der Waals surface area contributed by atoms with Gasteiger partial charge in [-0.2, -0.15) is 13.2 Å². The van der Waals surface area contributed by atoms with E-state index >= 15 is 0 Å². The van der Waals surface area contributed by atoms with Gasteiger partial charge in [0.2, 0.25) is 0 Å². The van der Waals surface area contributed by atoms with E-state index in [1.165, 1.54) is 25.4 Å². The number of nitrogens with one attached hydrogen (secondary N) is 2. The van der Waals surface area contributed by atoms with Crippen molar-refractivity contribution in [2.24, 2.45) is 0 Å². The molecule has 0 aliphatic carbocycles. The minimum absolute atomic E-state index is 0.0645. The molecule has 1 aliphatic rings. The first-order valence-electron chi connectivity index (χ1n) is 11.6. The van der Waals surface area contributed by atoms with E-state index in [4.69, 9.17) is 14.6 Å². The number of hydrogen-bond acceptors (Lipinski definition) is 8. The van der Waals surface area contributed by atoms with Gasteiger partial charge in [0.25, 0.3) is 15.9 Å². The van der Waals surface area contributed by atoms with E-state index in [2.05, 4.69) is 15.0 Å². The molecule has 2 heterocycles. The van der Waals surface area contributed by atoms with Crippen LogP contribution < -0.4 is 19.7 Å². The van der Waals surface area contributed by atoms with Crippen LogP contribution in [-0.4, -0.2) is 87.8 Å². The predicted octanol–water partition coefficient (Wildman–Crippen LogP) is 2.42. The van der Waals surface area contributed by atoms with Crippen LogP contribution in [0.4, 0.5) is 24.7 Å². The Bertz CT molecular complexity index is 1220. The number of anilines is 2. The summed E-state index contributed by atoms with van der Waals surface area (Å²) in [5.41, 5.74) is 0.619. The fourth-order valence-electron chi connectivity index (χ4n) is 3.46. The number of nitrogens with zero attached hydrogens (tertiary/aromatic N) is 3. The molecule has 0 spiro atoms. The molecule has 1 aromatic heterocycles. The van der Waals surface area contributed by atoms with Crippen LogP contribution in [0.1, 0.15) is 24.2 Å². The number of rotatable bonds is 8. The normalized spacial score (nSPS) is 13.7. The number of carbonyl (C=O) groups excluding carboxylic acids is 1. The van der Waals surface area contributed by atoms with Gasteiger partial charge in [-0.1, -0.05) is 6.07 Å². The first kappa shape index (κ1) is 30.6. The number of pyridine rings is 1. The smallest absolute Gasteiger partial charge is 0.490 e.